The van der Waals surface area contributed by atoms with Crippen molar-refractivity contribution in [3.05, 3.63) is 83.3 Å². The van der Waals surface area contributed by atoms with Crippen molar-refractivity contribution in [3.63, 3.8) is 0 Å². The van der Waals surface area contributed by atoms with Crippen LogP contribution in [0.15, 0.2) is 65.8 Å². The van der Waals surface area contributed by atoms with Crippen LogP contribution in [0.2, 0.25) is 0 Å². The number of aryl methyl sites for hydroxylation is 2. The molecule has 0 aliphatic carbocycles. The maximum atomic E-state index is 9.10. The van der Waals surface area contributed by atoms with Crippen LogP contribution < -0.4 is 0 Å². The first-order chi connectivity index (χ1) is 17.4. The van der Waals surface area contributed by atoms with E-state index in [1.54, 1.807) is 0 Å². The number of imidazole rings is 1. The van der Waals surface area contributed by atoms with Gasteiger partial charge in [0, 0.05) is 31.6 Å². The highest BCUT2D eigenvalue weighted by Gasteiger charge is 2.30. The number of rotatable bonds is 5. The Morgan fingerprint density at radius 2 is 1.67 bits per heavy atom. The molecule has 36 heavy (non-hydrogen) atoms. The Labute approximate surface area is 214 Å². The molecule has 0 spiro atoms. The summed E-state index contributed by atoms with van der Waals surface area (Å²) in [6, 6.07) is 19.4. The highest BCUT2D eigenvalue weighted by molar-refractivity contribution is 7.98. The third kappa shape index (κ3) is 6.75. The smallest absolute Gasteiger partial charge is 0.414 e. The molecule has 0 saturated carbocycles. The number of carboxylic acids is 2. The first-order valence-electron chi connectivity index (χ1n) is 12.0. The fraction of sp³-hybridized carbons (Fsp3) is 0.370. The van der Waals surface area contributed by atoms with E-state index in [1.165, 1.54) is 16.7 Å². The number of hydrogen-bond acceptors (Lipinski definition) is 6. The molecule has 5 rings (SSSR count). The fourth-order valence-corrected chi connectivity index (χ4v) is 5.31. The molecule has 2 aromatic carbocycles. The normalized spacial score (nSPS) is 17.8. The van der Waals surface area contributed by atoms with Crippen molar-refractivity contribution in [1.29, 1.82) is 0 Å². The van der Waals surface area contributed by atoms with E-state index in [0.29, 0.717) is 6.10 Å². The zero-order chi connectivity index (χ0) is 25.5. The second-order valence-corrected chi connectivity index (χ2v) is 9.98. The van der Waals surface area contributed by atoms with Gasteiger partial charge in [-0.15, -0.1) is 11.8 Å². The van der Waals surface area contributed by atoms with Crippen LogP contribution in [0.4, 0.5) is 0 Å². The third-order valence-electron chi connectivity index (χ3n) is 6.39. The minimum absolute atomic E-state index is 0.0804. The van der Waals surface area contributed by atoms with E-state index in [1.807, 2.05) is 11.8 Å². The number of thioether (sulfide) groups is 1. The van der Waals surface area contributed by atoms with Crippen LogP contribution in [-0.4, -0.2) is 62.8 Å². The fourth-order valence-electron chi connectivity index (χ4n) is 4.44. The second-order valence-electron chi connectivity index (χ2n) is 8.98. The number of fused-ring (bicyclic) bond motifs is 2. The largest absolute Gasteiger partial charge is 0.473 e. The average Bonchev–Trinajstić information content (AvgIpc) is 3.24. The van der Waals surface area contributed by atoms with Crippen molar-refractivity contribution in [2.24, 2.45) is 0 Å². The Balaban J connectivity index is 0.000000455. The van der Waals surface area contributed by atoms with Gasteiger partial charge in [-0.3, -0.25) is 0 Å². The highest BCUT2D eigenvalue weighted by Crippen LogP contribution is 2.36. The van der Waals surface area contributed by atoms with Gasteiger partial charge in [-0.2, -0.15) is 0 Å². The molecular weight excluding hydrogens is 478 g/mol. The Bertz CT molecular complexity index is 1160. The molecule has 1 atom stereocenters. The van der Waals surface area contributed by atoms with E-state index >= 15 is 0 Å². The second kappa shape index (κ2) is 12.2. The number of carboxylic acid groups (broad SMARTS) is 2. The molecule has 0 radical (unpaired) electrons. The van der Waals surface area contributed by atoms with Crippen molar-refractivity contribution >= 4 is 23.7 Å². The molecule has 1 unspecified atom stereocenters. The molecule has 190 valence electrons. The van der Waals surface area contributed by atoms with Crippen LogP contribution in [0.1, 0.15) is 41.5 Å². The molecule has 1 saturated heterocycles. The number of piperidine rings is 1. The zero-order valence-corrected chi connectivity index (χ0v) is 21.1. The van der Waals surface area contributed by atoms with Gasteiger partial charge in [0.05, 0.1) is 6.10 Å². The lowest BCUT2D eigenvalue weighted by atomic mass is 10.00. The van der Waals surface area contributed by atoms with Gasteiger partial charge in [-0.1, -0.05) is 54.6 Å². The van der Waals surface area contributed by atoms with Gasteiger partial charge in [0.25, 0.3) is 0 Å². The Hall–Kier alpha value is -3.14. The van der Waals surface area contributed by atoms with E-state index in [4.69, 9.17) is 29.5 Å². The van der Waals surface area contributed by atoms with Gasteiger partial charge < -0.3 is 24.4 Å². The average molecular weight is 510 g/mol. The topological polar surface area (TPSA) is 105 Å². The number of carbonyl (C=O) groups is 2. The maximum absolute atomic E-state index is 9.10. The molecule has 0 amide bonds. The minimum atomic E-state index is -1.82. The van der Waals surface area contributed by atoms with E-state index in [9.17, 15) is 0 Å². The standard InChI is InChI=1S/C25H29N3OS.C2H2O4/c1-27-14-12-21(13-15-27)29-24-22-10-6-5-9-20(22)11-16-28-17-23(26-25(24)28)30-18-19-7-3-2-4-8-19;3-1(4)2(5)6/h2-10,17,21,24H,11-16,18H2,1H3;(H,3,4)(H,5,6). The lowest BCUT2D eigenvalue weighted by Gasteiger charge is -2.32. The van der Waals surface area contributed by atoms with E-state index < -0.39 is 11.9 Å². The summed E-state index contributed by atoms with van der Waals surface area (Å²) in [4.78, 5) is 25.7. The molecule has 2 N–H and O–H groups in total. The van der Waals surface area contributed by atoms with Gasteiger partial charge in [-0.05, 0) is 43.0 Å². The monoisotopic (exact) mass is 509 g/mol. The summed E-state index contributed by atoms with van der Waals surface area (Å²) in [5.41, 5.74) is 4.01. The van der Waals surface area contributed by atoms with Gasteiger partial charge in [0.15, 0.2) is 0 Å². The number of aliphatic carboxylic acids is 2. The Morgan fingerprint density at radius 1 is 1.00 bits per heavy atom. The van der Waals surface area contributed by atoms with Crippen LogP contribution in [-0.2, 0) is 33.0 Å². The van der Waals surface area contributed by atoms with E-state index in [2.05, 4.69) is 77.3 Å². The Morgan fingerprint density at radius 3 is 2.36 bits per heavy atom. The molecular formula is C27H31N3O5S. The summed E-state index contributed by atoms with van der Waals surface area (Å²) in [5.74, 6) is -1.64. The SMILES string of the molecule is CN1CCC(OC2c3ccccc3CCn3cc(SCc4ccccc4)nc32)CC1.O=C(O)C(=O)O. The molecule has 2 aliphatic rings. The number of likely N-dealkylation sites (tertiary alicyclic amines) is 1. The zero-order valence-electron chi connectivity index (χ0n) is 20.2. The molecule has 0 bridgehead atoms. The van der Waals surface area contributed by atoms with Crippen LogP contribution >= 0.6 is 11.8 Å². The number of ether oxygens (including phenoxy) is 1. The minimum Gasteiger partial charge on any atom is -0.473 e. The summed E-state index contributed by atoms with van der Waals surface area (Å²) in [6.07, 6.45) is 5.64. The first kappa shape index (κ1) is 25.9. The van der Waals surface area contributed by atoms with Crippen molar-refractivity contribution in [2.75, 3.05) is 20.1 Å². The van der Waals surface area contributed by atoms with E-state index in [0.717, 1.165) is 55.5 Å². The van der Waals surface area contributed by atoms with Crippen molar-refractivity contribution in [3.8, 4) is 0 Å². The quantitative estimate of drug-likeness (QED) is 0.392. The summed E-state index contributed by atoms with van der Waals surface area (Å²) < 4.78 is 9.10. The Kier molecular flexibility index (Phi) is 8.79. The summed E-state index contributed by atoms with van der Waals surface area (Å²) in [7, 11) is 2.19. The summed E-state index contributed by atoms with van der Waals surface area (Å²) >= 11 is 1.81. The molecule has 3 aromatic rings. The van der Waals surface area contributed by atoms with Crippen LogP contribution in [0.25, 0.3) is 0 Å². The van der Waals surface area contributed by atoms with Crippen LogP contribution in [0.3, 0.4) is 0 Å². The third-order valence-corrected chi connectivity index (χ3v) is 7.36. The van der Waals surface area contributed by atoms with Gasteiger partial charge >= 0.3 is 11.9 Å². The van der Waals surface area contributed by atoms with Gasteiger partial charge in [0.2, 0.25) is 0 Å². The molecule has 1 fully saturated rings. The molecule has 9 heteroatoms. The van der Waals surface area contributed by atoms with Crippen LogP contribution in [0, 0.1) is 0 Å². The predicted octanol–water partition coefficient (Wildman–Crippen LogP) is 4.09. The lowest BCUT2D eigenvalue weighted by Crippen LogP contribution is -2.35. The van der Waals surface area contributed by atoms with Crippen molar-refractivity contribution in [2.45, 2.75) is 48.8 Å². The number of hydrogen-bond donors (Lipinski definition) is 2. The molecule has 8 nitrogen and oxygen atoms in total. The molecule has 3 heterocycles. The first-order valence-corrected chi connectivity index (χ1v) is 13.0. The van der Waals surface area contributed by atoms with Crippen molar-refractivity contribution in [1.82, 2.24) is 14.5 Å². The lowest BCUT2D eigenvalue weighted by molar-refractivity contribution is -0.159. The highest BCUT2D eigenvalue weighted by atomic mass is 32.2. The molecule has 2 aliphatic heterocycles. The number of benzene rings is 2. The summed E-state index contributed by atoms with van der Waals surface area (Å²) in [5, 5.41) is 15.9. The molecule has 1 aromatic heterocycles. The maximum Gasteiger partial charge on any atom is 0.414 e. The van der Waals surface area contributed by atoms with E-state index in [-0.39, 0.29) is 6.10 Å². The summed E-state index contributed by atoms with van der Waals surface area (Å²) in [6.45, 7) is 3.16. The van der Waals surface area contributed by atoms with Gasteiger partial charge in [0.1, 0.15) is 17.0 Å². The van der Waals surface area contributed by atoms with Crippen molar-refractivity contribution < 1.29 is 24.5 Å². The van der Waals surface area contributed by atoms with Gasteiger partial charge in [-0.25, -0.2) is 14.6 Å². The number of nitrogens with zero attached hydrogens (tertiary/aromatic N) is 3. The number of aromatic nitrogens is 2. The predicted molar refractivity (Wildman–Crippen MR) is 137 cm³/mol. The van der Waals surface area contributed by atoms with Crippen LogP contribution in [0.5, 0.6) is 0 Å².